The summed E-state index contributed by atoms with van der Waals surface area (Å²) in [5.74, 6) is -1.01. The van der Waals surface area contributed by atoms with Crippen molar-refractivity contribution in [2.24, 2.45) is 0 Å². The standard InChI is InChI=1S/C25H24ClN3O3/c1-3-4-11-32-24(25(30)31)22-15(2)12-21-19(23(22)16-5-7-18(26)8-6-16)9-10-20(29-21)17-13-27-28-14-17/h5-10,12-14,24H,3-4,11H2,1-2H3,(H,27,28)(H,30,31). The minimum Gasteiger partial charge on any atom is -0.479 e. The van der Waals surface area contributed by atoms with Crippen LogP contribution in [0.1, 0.15) is 37.0 Å². The number of hydrogen-bond acceptors (Lipinski definition) is 4. The van der Waals surface area contributed by atoms with Gasteiger partial charge in [0.25, 0.3) is 0 Å². The first kappa shape index (κ1) is 22.0. The number of nitrogens with one attached hydrogen (secondary N) is 1. The van der Waals surface area contributed by atoms with E-state index in [2.05, 4.69) is 10.2 Å². The Balaban J connectivity index is 1.96. The average molecular weight is 450 g/mol. The second-order valence-corrected chi connectivity index (χ2v) is 8.12. The van der Waals surface area contributed by atoms with Crippen LogP contribution in [0.3, 0.4) is 0 Å². The van der Waals surface area contributed by atoms with Crippen molar-refractivity contribution in [3.8, 4) is 22.4 Å². The fourth-order valence-electron chi connectivity index (χ4n) is 3.86. The van der Waals surface area contributed by atoms with Crippen molar-refractivity contribution in [3.63, 3.8) is 0 Å². The van der Waals surface area contributed by atoms with Crippen molar-refractivity contribution in [2.45, 2.75) is 32.8 Å². The number of aliphatic carboxylic acids is 1. The molecule has 0 aliphatic carbocycles. The molecule has 2 heterocycles. The van der Waals surface area contributed by atoms with E-state index < -0.39 is 12.1 Å². The number of nitrogens with zero attached hydrogens (tertiary/aromatic N) is 2. The molecule has 0 radical (unpaired) electrons. The third-order valence-electron chi connectivity index (χ3n) is 5.44. The van der Waals surface area contributed by atoms with Gasteiger partial charge in [-0.2, -0.15) is 5.10 Å². The number of benzene rings is 2. The molecule has 0 aliphatic rings. The van der Waals surface area contributed by atoms with Crippen LogP contribution in [0.15, 0.2) is 54.9 Å². The zero-order valence-electron chi connectivity index (χ0n) is 17.9. The van der Waals surface area contributed by atoms with Crippen molar-refractivity contribution in [2.75, 3.05) is 6.61 Å². The highest BCUT2D eigenvalue weighted by atomic mass is 35.5. The first-order chi connectivity index (χ1) is 15.5. The SMILES string of the molecule is CCCCOC(C(=O)O)c1c(C)cc2nc(-c3cn[nH]c3)ccc2c1-c1ccc(Cl)cc1. The lowest BCUT2D eigenvalue weighted by atomic mass is 9.88. The number of aromatic nitrogens is 3. The normalized spacial score (nSPS) is 12.2. The molecule has 4 rings (SSSR count). The predicted octanol–water partition coefficient (Wildman–Crippen LogP) is 6.20. The van der Waals surface area contributed by atoms with Gasteiger partial charge in [-0.1, -0.05) is 43.1 Å². The lowest BCUT2D eigenvalue weighted by Gasteiger charge is -2.22. The van der Waals surface area contributed by atoms with Gasteiger partial charge in [0, 0.05) is 34.3 Å². The molecule has 0 aliphatic heterocycles. The number of ether oxygens (including phenoxy) is 1. The van der Waals surface area contributed by atoms with Crippen molar-refractivity contribution in [3.05, 3.63) is 71.0 Å². The summed E-state index contributed by atoms with van der Waals surface area (Å²) in [7, 11) is 0. The monoisotopic (exact) mass is 449 g/mol. The summed E-state index contributed by atoms with van der Waals surface area (Å²) in [6.45, 7) is 4.32. The molecule has 4 aromatic rings. The van der Waals surface area contributed by atoms with Gasteiger partial charge < -0.3 is 9.84 Å². The molecule has 1 unspecified atom stereocenters. The molecule has 6 nitrogen and oxygen atoms in total. The minimum atomic E-state index is -1.08. The van der Waals surface area contributed by atoms with Crippen LogP contribution in [-0.4, -0.2) is 32.9 Å². The average Bonchev–Trinajstić information content (AvgIpc) is 3.31. The van der Waals surface area contributed by atoms with Crippen LogP contribution in [-0.2, 0) is 9.53 Å². The lowest BCUT2D eigenvalue weighted by molar-refractivity contribution is -0.151. The molecule has 7 heteroatoms. The van der Waals surface area contributed by atoms with E-state index in [1.165, 1.54) is 0 Å². The summed E-state index contributed by atoms with van der Waals surface area (Å²) in [4.78, 5) is 17.1. The zero-order chi connectivity index (χ0) is 22.7. The van der Waals surface area contributed by atoms with E-state index in [1.54, 1.807) is 24.5 Å². The second-order valence-electron chi connectivity index (χ2n) is 7.68. The van der Waals surface area contributed by atoms with Crippen LogP contribution in [0.2, 0.25) is 5.02 Å². The summed E-state index contributed by atoms with van der Waals surface area (Å²) in [6.07, 6.45) is 4.15. The molecule has 0 spiro atoms. The van der Waals surface area contributed by atoms with Crippen molar-refractivity contribution in [1.29, 1.82) is 0 Å². The molecule has 2 aromatic carbocycles. The summed E-state index contributed by atoms with van der Waals surface area (Å²) < 4.78 is 5.87. The third kappa shape index (κ3) is 4.38. The van der Waals surface area contributed by atoms with Gasteiger partial charge in [-0.25, -0.2) is 9.78 Å². The van der Waals surface area contributed by atoms with Crippen LogP contribution >= 0.6 is 11.6 Å². The summed E-state index contributed by atoms with van der Waals surface area (Å²) in [6, 6.07) is 13.2. The Labute approximate surface area is 191 Å². The van der Waals surface area contributed by atoms with Crippen LogP contribution in [0.4, 0.5) is 0 Å². The van der Waals surface area contributed by atoms with E-state index in [1.807, 2.05) is 44.2 Å². The minimum absolute atomic E-state index is 0.378. The van der Waals surface area contributed by atoms with Gasteiger partial charge in [0.05, 0.1) is 17.4 Å². The Bertz CT molecular complexity index is 1240. The Morgan fingerprint density at radius 1 is 1.19 bits per heavy atom. The van der Waals surface area contributed by atoms with E-state index in [4.69, 9.17) is 21.3 Å². The van der Waals surface area contributed by atoms with Crippen molar-refractivity contribution < 1.29 is 14.6 Å². The largest absolute Gasteiger partial charge is 0.479 e. The number of H-pyrrole nitrogens is 1. The number of aryl methyl sites for hydroxylation is 1. The topological polar surface area (TPSA) is 88.1 Å². The highest BCUT2D eigenvalue weighted by Gasteiger charge is 2.28. The molecule has 0 amide bonds. The van der Waals surface area contributed by atoms with Gasteiger partial charge in [-0.3, -0.25) is 5.10 Å². The maximum Gasteiger partial charge on any atom is 0.337 e. The first-order valence-corrected chi connectivity index (χ1v) is 10.9. The number of pyridine rings is 1. The van der Waals surface area contributed by atoms with Crippen LogP contribution in [0, 0.1) is 6.92 Å². The molecule has 0 bridgehead atoms. The molecule has 0 fully saturated rings. The lowest BCUT2D eigenvalue weighted by Crippen LogP contribution is -2.18. The highest BCUT2D eigenvalue weighted by Crippen LogP contribution is 2.39. The van der Waals surface area contributed by atoms with E-state index >= 15 is 0 Å². The summed E-state index contributed by atoms with van der Waals surface area (Å²) >= 11 is 6.12. The molecular formula is C25H24ClN3O3. The molecule has 2 N–H and O–H groups in total. The third-order valence-corrected chi connectivity index (χ3v) is 5.69. The predicted molar refractivity (Wildman–Crippen MR) is 126 cm³/mol. The molecule has 0 saturated carbocycles. The quantitative estimate of drug-likeness (QED) is 0.313. The van der Waals surface area contributed by atoms with Crippen LogP contribution < -0.4 is 0 Å². The van der Waals surface area contributed by atoms with Crippen molar-refractivity contribution >= 4 is 28.5 Å². The highest BCUT2D eigenvalue weighted by molar-refractivity contribution is 6.30. The fourth-order valence-corrected chi connectivity index (χ4v) is 3.99. The van der Waals surface area contributed by atoms with Gasteiger partial charge in [0.2, 0.25) is 0 Å². The Kier molecular flexibility index (Phi) is 6.53. The summed E-state index contributed by atoms with van der Waals surface area (Å²) in [5.41, 5.74) is 5.55. The molecule has 32 heavy (non-hydrogen) atoms. The number of carboxylic acids is 1. The number of rotatable bonds is 8. The van der Waals surface area contributed by atoms with E-state index in [0.717, 1.165) is 51.7 Å². The number of carboxylic acid groups (broad SMARTS) is 1. The van der Waals surface area contributed by atoms with E-state index in [0.29, 0.717) is 17.2 Å². The maximum atomic E-state index is 12.3. The Morgan fingerprint density at radius 2 is 1.97 bits per heavy atom. The van der Waals surface area contributed by atoms with Crippen LogP contribution in [0.5, 0.6) is 0 Å². The number of fused-ring (bicyclic) bond motifs is 1. The fraction of sp³-hybridized carbons (Fsp3) is 0.240. The molecular weight excluding hydrogens is 426 g/mol. The molecule has 0 saturated heterocycles. The zero-order valence-corrected chi connectivity index (χ0v) is 18.7. The molecule has 164 valence electrons. The second kappa shape index (κ2) is 9.51. The van der Waals surface area contributed by atoms with Crippen molar-refractivity contribution in [1.82, 2.24) is 15.2 Å². The van der Waals surface area contributed by atoms with Crippen LogP contribution in [0.25, 0.3) is 33.3 Å². The summed E-state index contributed by atoms with van der Waals surface area (Å²) in [5, 5.41) is 18.3. The Hall–Kier alpha value is -3.22. The van der Waals surface area contributed by atoms with E-state index in [9.17, 15) is 9.90 Å². The smallest absolute Gasteiger partial charge is 0.337 e. The van der Waals surface area contributed by atoms with Gasteiger partial charge >= 0.3 is 5.97 Å². The number of carbonyl (C=O) groups is 1. The Morgan fingerprint density at radius 3 is 2.62 bits per heavy atom. The molecule has 2 aromatic heterocycles. The van der Waals surface area contributed by atoms with E-state index in [-0.39, 0.29) is 0 Å². The number of unbranched alkanes of at least 4 members (excludes halogenated alkanes) is 1. The number of aromatic amines is 1. The van der Waals surface area contributed by atoms with Gasteiger partial charge in [0.15, 0.2) is 6.10 Å². The maximum absolute atomic E-state index is 12.3. The molecule has 1 atom stereocenters. The van der Waals surface area contributed by atoms with Gasteiger partial charge in [-0.05, 0) is 54.3 Å². The number of hydrogen-bond donors (Lipinski definition) is 2. The number of halogens is 1. The van der Waals surface area contributed by atoms with Gasteiger partial charge in [0.1, 0.15) is 0 Å². The first-order valence-electron chi connectivity index (χ1n) is 10.5. The van der Waals surface area contributed by atoms with Gasteiger partial charge in [-0.15, -0.1) is 0 Å².